The summed E-state index contributed by atoms with van der Waals surface area (Å²) in [6, 6.07) is 6.46. The van der Waals surface area contributed by atoms with Crippen LogP contribution in [0.5, 0.6) is 0 Å². The summed E-state index contributed by atoms with van der Waals surface area (Å²) in [7, 11) is 4.33. The largest absolute Gasteiger partial charge is 0.382 e. The fourth-order valence-electron chi connectivity index (χ4n) is 4.91. The van der Waals surface area contributed by atoms with Crippen LogP contribution >= 0.6 is 15.9 Å². The summed E-state index contributed by atoms with van der Waals surface area (Å²) in [5.74, 6) is 0.434. The van der Waals surface area contributed by atoms with Crippen molar-refractivity contribution < 1.29 is 4.79 Å². The number of hydrogen-bond donors (Lipinski definition) is 3. The molecule has 1 heterocycles. The van der Waals surface area contributed by atoms with Gasteiger partial charge >= 0.3 is 0 Å². The second-order valence-electron chi connectivity index (χ2n) is 9.69. The van der Waals surface area contributed by atoms with Gasteiger partial charge in [0.15, 0.2) is 5.43 Å². The third-order valence-corrected chi connectivity index (χ3v) is 7.54. The second kappa shape index (κ2) is 10.9. The number of rotatable bonds is 7. The van der Waals surface area contributed by atoms with Crippen molar-refractivity contribution in [3.63, 3.8) is 0 Å². The molecule has 1 aliphatic carbocycles. The van der Waals surface area contributed by atoms with Gasteiger partial charge in [-0.15, -0.1) is 0 Å². The number of aryl methyl sites for hydroxylation is 2. The quantitative estimate of drug-likeness (QED) is 0.488. The molecule has 180 valence electrons. The summed E-state index contributed by atoms with van der Waals surface area (Å²) in [6.07, 6.45) is 4.88. The lowest BCUT2D eigenvalue weighted by atomic mass is 9.81. The average Bonchev–Trinajstić information content (AvgIpc) is 2.75. The molecule has 3 rings (SSSR count). The minimum Gasteiger partial charge on any atom is -0.382 e. The first-order valence-electron chi connectivity index (χ1n) is 11.8. The van der Waals surface area contributed by atoms with Gasteiger partial charge in [0.1, 0.15) is 0 Å². The van der Waals surface area contributed by atoms with Crippen LogP contribution in [0.1, 0.15) is 65.5 Å². The van der Waals surface area contributed by atoms with Gasteiger partial charge < -0.3 is 20.5 Å². The Labute approximate surface area is 205 Å². The van der Waals surface area contributed by atoms with Crippen LogP contribution in [0.3, 0.4) is 0 Å². The lowest BCUT2D eigenvalue weighted by Gasteiger charge is -2.36. The number of aromatic nitrogens is 1. The minimum absolute atomic E-state index is 0.0600. The molecule has 1 saturated carbocycles. The Kier molecular flexibility index (Phi) is 8.40. The van der Waals surface area contributed by atoms with Crippen LogP contribution < -0.4 is 16.1 Å². The maximum Gasteiger partial charge on any atom is 0.251 e. The molecule has 7 heteroatoms. The van der Waals surface area contributed by atoms with E-state index in [0.717, 1.165) is 27.1 Å². The number of halogens is 1. The van der Waals surface area contributed by atoms with E-state index in [1.165, 1.54) is 25.7 Å². The number of hydrogen-bond acceptors (Lipinski definition) is 4. The smallest absolute Gasteiger partial charge is 0.251 e. The van der Waals surface area contributed by atoms with Crippen molar-refractivity contribution in [3.05, 3.63) is 61.0 Å². The van der Waals surface area contributed by atoms with Crippen molar-refractivity contribution in [2.45, 2.75) is 72.0 Å². The molecular formula is C26H37BrN4O2. The molecule has 1 fully saturated rings. The average molecular weight is 518 g/mol. The molecule has 1 aliphatic rings. The van der Waals surface area contributed by atoms with Gasteiger partial charge in [0.25, 0.3) is 5.91 Å². The lowest BCUT2D eigenvalue weighted by molar-refractivity contribution is 0.0950. The third-order valence-electron chi connectivity index (χ3n) is 7.09. The molecule has 3 N–H and O–H groups in total. The van der Waals surface area contributed by atoms with E-state index in [1.54, 1.807) is 6.07 Å². The predicted octanol–water partition coefficient (Wildman–Crippen LogP) is 4.91. The molecule has 0 saturated heterocycles. The van der Waals surface area contributed by atoms with Gasteiger partial charge in [0.2, 0.25) is 0 Å². The number of nitrogens with zero attached hydrogens (tertiary/aromatic N) is 1. The molecule has 1 unspecified atom stereocenters. The van der Waals surface area contributed by atoms with Crippen molar-refractivity contribution >= 4 is 27.5 Å². The van der Waals surface area contributed by atoms with Gasteiger partial charge in [-0.25, -0.2) is 0 Å². The normalized spacial score (nSPS) is 19.4. The molecule has 0 aliphatic heterocycles. The molecular weight excluding hydrogens is 480 g/mol. The first-order valence-corrected chi connectivity index (χ1v) is 12.6. The summed E-state index contributed by atoms with van der Waals surface area (Å²) in [6.45, 7) is 8.12. The molecule has 1 atom stereocenters. The number of amides is 1. The molecule has 0 spiro atoms. The highest BCUT2D eigenvalue weighted by Gasteiger charge is 2.27. The van der Waals surface area contributed by atoms with Gasteiger partial charge in [-0.05, 0) is 91.1 Å². The highest BCUT2D eigenvalue weighted by molar-refractivity contribution is 9.10. The number of pyridine rings is 1. The van der Waals surface area contributed by atoms with E-state index in [4.69, 9.17) is 0 Å². The Morgan fingerprint density at radius 1 is 1.15 bits per heavy atom. The first kappa shape index (κ1) is 25.5. The monoisotopic (exact) mass is 516 g/mol. The number of carbonyl (C=O) groups is 1. The molecule has 33 heavy (non-hydrogen) atoms. The van der Waals surface area contributed by atoms with Gasteiger partial charge in [-0.3, -0.25) is 9.59 Å². The van der Waals surface area contributed by atoms with E-state index in [-0.39, 0.29) is 17.9 Å². The Balaban J connectivity index is 1.70. The van der Waals surface area contributed by atoms with Crippen LogP contribution in [0.4, 0.5) is 5.69 Å². The maximum atomic E-state index is 13.0. The number of H-pyrrole nitrogens is 1. The molecule has 1 aromatic heterocycles. The number of benzene rings is 1. The van der Waals surface area contributed by atoms with Crippen molar-refractivity contribution in [1.82, 2.24) is 15.2 Å². The second-order valence-corrected chi connectivity index (χ2v) is 10.6. The van der Waals surface area contributed by atoms with Crippen molar-refractivity contribution in [2.24, 2.45) is 5.92 Å². The van der Waals surface area contributed by atoms with E-state index >= 15 is 0 Å². The Bertz CT molecular complexity index is 1050. The Morgan fingerprint density at radius 3 is 2.42 bits per heavy atom. The van der Waals surface area contributed by atoms with Crippen molar-refractivity contribution in [3.8, 4) is 0 Å². The van der Waals surface area contributed by atoms with Crippen LogP contribution in [-0.2, 0) is 6.54 Å². The first-order chi connectivity index (χ1) is 15.6. The zero-order chi connectivity index (χ0) is 24.3. The molecule has 0 bridgehead atoms. The Morgan fingerprint density at radius 2 is 1.82 bits per heavy atom. The number of anilines is 1. The van der Waals surface area contributed by atoms with Crippen LogP contribution in [0, 0.1) is 26.7 Å². The SMILES string of the molecule is Cc1cc(=O)c(CNC(=O)c2cc(Br)cc(NC(C)C3CCC(N(C)C)CC3)c2C)c(C)[nH]1. The fraction of sp³-hybridized carbons (Fsp3) is 0.538. The van der Waals surface area contributed by atoms with Crippen LogP contribution in [0.25, 0.3) is 0 Å². The van der Waals surface area contributed by atoms with E-state index < -0.39 is 0 Å². The van der Waals surface area contributed by atoms with Gasteiger partial charge in [-0.2, -0.15) is 0 Å². The van der Waals surface area contributed by atoms with E-state index in [9.17, 15) is 9.59 Å². The molecule has 1 aromatic carbocycles. The van der Waals surface area contributed by atoms with Crippen molar-refractivity contribution in [2.75, 3.05) is 19.4 Å². The number of aromatic amines is 1. The maximum absolute atomic E-state index is 13.0. The summed E-state index contributed by atoms with van der Waals surface area (Å²) in [5.41, 5.74) is 4.62. The van der Waals surface area contributed by atoms with Gasteiger partial charge in [-0.1, -0.05) is 15.9 Å². The predicted molar refractivity (Wildman–Crippen MR) is 139 cm³/mol. The lowest BCUT2D eigenvalue weighted by Crippen LogP contribution is -2.36. The summed E-state index contributed by atoms with van der Waals surface area (Å²) < 4.78 is 0.855. The topological polar surface area (TPSA) is 77.2 Å². The number of carbonyl (C=O) groups excluding carboxylic acids is 1. The highest BCUT2D eigenvalue weighted by Crippen LogP contribution is 2.32. The third kappa shape index (κ3) is 6.27. The molecule has 2 aromatic rings. The molecule has 1 amide bonds. The molecule has 6 nitrogen and oxygen atoms in total. The van der Waals surface area contributed by atoms with E-state index in [2.05, 4.69) is 57.5 Å². The standard InChI is InChI=1S/C26H37BrN4O2/c1-15-11-25(32)23(18(4)29-15)14-28-26(33)22-12-20(27)13-24(16(22)2)30-17(3)19-7-9-21(10-8-19)31(5)6/h11-13,17,19,21,30H,7-10,14H2,1-6H3,(H,28,33)(H,29,32). The van der Waals surface area contributed by atoms with Crippen LogP contribution in [0.15, 0.2) is 27.5 Å². The zero-order valence-corrected chi connectivity index (χ0v) is 22.2. The van der Waals surface area contributed by atoms with Crippen LogP contribution in [-0.4, -0.2) is 42.0 Å². The number of nitrogens with one attached hydrogen (secondary N) is 3. The van der Waals surface area contributed by atoms with Crippen LogP contribution in [0.2, 0.25) is 0 Å². The summed E-state index contributed by atoms with van der Waals surface area (Å²) in [5, 5.41) is 6.61. The van der Waals surface area contributed by atoms with Gasteiger partial charge in [0.05, 0.1) is 0 Å². The van der Waals surface area contributed by atoms with E-state index in [0.29, 0.717) is 29.1 Å². The van der Waals surface area contributed by atoms with Gasteiger partial charge in [0, 0.05) is 57.4 Å². The summed E-state index contributed by atoms with van der Waals surface area (Å²) in [4.78, 5) is 30.9. The fourth-order valence-corrected chi connectivity index (χ4v) is 5.36. The zero-order valence-electron chi connectivity index (χ0n) is 20.6. The highest BCUT2D eigenvalue weighted by atomic mass is 79.9. The molecule has 0 radical (unpaired) electrons. The minimum atomic E-state index is -0.185. The van der Waals surface area contributed by atoms with Crippen molar-refractivity contribution in [1.29, 1.82) is 0 Å². The van der Waals surface area contributed by atoms with E-state index in [1.807, 2.05) is 32.9 Å². The Hall–Kier alpha value is -2.12. The summed E-state index contributed by atoms with van der Waals surface area (Å²) >= 11 is 3.57.